The Kier molecular flexibility index (Phi) is 10.4. The summed E-state index contributed by atoms with van der Waals surface area (Å²) in [4.78, 5) is 38.7. The highest BCUT2D eigenvalue weighted by molar-refractivity contribution is 5.90. The first kappa shape index (κ1) is 31.2. The fourth-order valence-electron chi connectivity index (χ4n) is 5.39. The number of alkyl carbamates (subject to hydrolysis) is 1. The molecule has 218 valence electrons. The van der Waals surface area contributed by atoms with Gasteiger partial charge in [-0.05, 0) is 68.7 Å². The van der Waals surface area contributed by atoms with Crippen molar-refractivity contribution in [3.63, 3.8) is 0 Å². The Bertz CT molecular complexity index is 1130. The van der Waals surface area contributed by atoms with E-state index in [4.69, 9.17) is 9.47 Å². The fraction of sp³-hybridized carbons (Fsp3) is 0.545. The second-order valence-corrected chi connectivity index (χ2v) is 12.6. The third kappa shape index (κ3) is 8.09. The number of carbonyl (C=O) groups excluding carboxylic acids is 3. The van der Waals surface area contributed by atoms with Crippen molar-refractivity contribution in [1.82, 2.24) is 10.6 Å². The zero-order valence-electron chi connectivity index (χ0n) is 25.1. The first-order valence-corrected chi connectivity index (χ1v) is 14.5. The molecule has 1 aliphatic carbocycles. The molecule has 2 aromatic rings. The predicted octanol–water partition coefficient (Wildman–Crippen LogP) is 6.53. The maximum Gasteiger partial charge on any atom is 0.408 e. The van der Waals surface area contributed by atoms with Crippen LogP contribution in [0.4, 0.5) is 4.79 Å². The Hall–Kier alpha value is -3.35. The standard InChI is InChI=1S/C33H46N2O5/c1-22(2)27(35-31(38)40-32(5,6)7)29(36)34-28(23(3)4)30(37)39-26-18-16-25(17-19-26)33(20-12-9-13-21-33)24-14-10-8-11-15-24/h8,10-11,14-19,22-23,27-28H,9,12-13,20-21H2,1-7H3,(H,34,36)(H,35,38). The molecule has 2 amide bonds. The Morgan fingerprint density at radius 2 is 1.30 bits per heavy atom. The second-order valence-electron chi connectivity index (χ2n) is 12.6. The van der Waals surface area contributed by atoms with Crippen molar-refractivity contribution < 1.29 is 23.9 Å². The van der Waals surface area contributed by atoms with Crippen molar-refractivity contribution in [1.29, 1.82) is 0 Å². The largest absolute Gasteiger partial charge is 0.444 e. The van der Waals surface area contributed by atoms with Crippen LogP contribution in [0.1, 0.15) is 91.7 Å². The van der Waals surface area contributed by atoms with Gasteiger partial charge < -0.3 is 20.1 Å². The van der Waals surface area contributed by atoms with Crippen molar-refractivity contribution in [2.24, 2.45) is 11.8 Å². The molecule has 1 saturated carbocycles. The van der Waals surface area contributed by atoms with Crippen molar-refractivity contribution >= 4 is 18.0 Å². The monoisotopic (exact) mass is 550 g/mol. The summed E-state index contributed by atoms with van der Waals surface area (Å²) in [6, 6.07) is 16.7. The van der Waals surface area contributed by atoms with Crippen molar-refractivity contribution in [3.05, 3.63) is 65.7 Å². The van der Waals surface area contributed by atoms with Gasteiger partial charge in [-0.1, -0.05) is 89.4 Å². The Morgan fingerprint density at radius 3 is 1.82 bits per heavy atom. The molecule has 3 rings (SSSR count). The zero-order chi connectivity index (χ0) is 29.5. The second kappa shape index (κ2) is 13.3. The summed E-state index contributed by atoms with van der Waals surface area (Å²) in [6.45, 7) is 12.6. The van der Waals surface area contributed by atoms with Crippen molar-refractivity contribution in [2.75, 3.05) is 0 Å². The summed E-state index contributed by atoms with van der Waals surface area (Å²) in [5.41, 5.74) is 1.81. The average molecular weight is 551 g/mol. The quantitative estimate of drug-likeness (QED) is 0.273. The number of amides is 2. The van der Waals surface area contributed by atoms with Gasteiger partial charge in [-0.2, -0.15) is 0 Å². The van der Waals surface area contributed by atoms with E-state index < -0.39 is 35.7 Å². The third-order valence-electron chi connectivity index (χ3n) is 7.50. The summed E-state index contributed by atoms with van der Waals surface area (Å²) in [5.74, 6) is -1.03. The molecule has 0 saturated heterocycles. The molecule has 0 bridgehead atoms. The van der Waals surface area contributed by atoms with Gasteiger partial charge in [0.15, 0.2) is 0 Å². The van der Waals surface area contributed by atoms with Crippen LogP contribution in [-0.2, 0) is 19.7 Å². The number of esters is 1. The summed E-state index contributed by atoms with van der Waals surface area (Å²) in [6.07, 6.45) is 5.11. The van der Waals surface area contributed by atoms with Crippen molar-refractivity contribution in [2.45, 2.75) is 104 Å². The maximum absolute atomic E-state index is 13.2. The van der Waals surface area contributed by atoms with Gasteiger partial charge in [0.2, 0.25) is 5.91 Å². The number of hydrogen-bond donors (Lipinski definition) is 2. The fourth-order valence-corrected chi connectivity index (χ4v) is 5.39. The SMILES string of the molecule is CC(C)C(NC(=O)OC(C)(C)C)C(=O)NC(C(=O)Oc1ccc(C2(c3ccccc3)CCCCC2)cc1)C(C)C. The number of benzene rings is 2. The summed E-state index contributed by atoms with van der Waals surface area (Å²) < 4.78 is 11.1. The van der Waals surface area contributed by atoms with Crippen LogP contribution in [0.15, 0.2) is 54.6 Å². The number of carbonyl (C=O) groups is 3. The molecule has 40 heavy (non-hydrogen) atoms. The van der Waals surface area contributed by atoms with Gasteiger partial charge in [0.05, 0.1) is 0 Å². The first-order valence-electron chi connectivity index (χ1n) is 14.5. The van der Waals surface area contributed by atoms with E-state index in [9.17, 15) is 14.4 Å². The molecule has 0 heterocycles. The molecule has 0 spiro atoms. The van der Waals surface area contributed by atoms with Gasteiger partial charge in [-0.25, -0.2) is 9.59 Å². The summed E-state index contributed by atoms with van der Waals surface area (Å²) in [7, 11) is 0. The minimum atomic E-state index is -0.886. The molecule has 2 atom stereocenters. The van der Waals surface area contributed by atoms with Gasteiger partial charge in [-0.15, -0.1) is 0 Å². The molecule has 1 aliphatic rings. The van der Waals surface area contributed by atoms with Gasteiger partial charge in [0.25, 0.3) is 0 Å². The van der Waals surface area contributed by atoms with E-state index in [0.717, 1.165) is 12.8 Å². The van der Waals surface area contributed by atoms with Crippen molar-refractivity contribution in [3.8, 4) is 5.75 Å². The van der Waals surface area contributed by atoms with Gasteiger partial charge >= 0.3 is 12.1 Å². The lowest BCUT2D eigenvalue weighted by Crippen LogP contribution is -2.56. The summed E-state index contributed by atoms with van der Waals surface area (Å²) >= 11 is 0. The highest BCUT2D eigenvalue weighted by Gasteiger charge is 2.36. The van der Waals surface area contributed by atoms with Crippen LogP contribution in [0, 0.1) is 11.8 Å². The molecular formula is C33H46N2O5. The van der Waals surface area contributed by atoms with E-state index in [0.29, 0.717) is 5.75 Å². The van der Waals surface area contributed by atoms with Crippen LogP contribution in [0.25, 0.3) is 0 Å². The lowest BCUT2D eigenvalue weighted by atomic mass is 9.65. The lowest BCUT2D eigenvalue weighted by Gasteiger charge is -2.38. The molecule has 1 fully saturated rings. The molecule has 0 aromatic heterocycles. The Labute approximate surface area is 239 Å². The molecule has 2 aromatic carbocycles. The molecule has 7 nitrogen and oxygen atoms in total. The minimum Gasteiger partial charge on any atom is -0.444 e. The van der Waals surface area contributed by atoms with Crippen LogP contribution in [0.2, 0.25) is 0 Å². The normalized spacial score (nSPS) is 16.6. The van der Waals surface area contributed by atoms with Crippen LogP contribution >= 0.6 is 0 Å². The average Bonchev–Trinajstić information content (AvgIpc) is 2.90. The van der Waals surface area contributed by atoms with Crippen LogP contribution < -0.4 is 15.4 Å². The summed E-state index contributed by atoms with van der Waals surface area (Å²) in [5, 5.41) is 5.43. The molecule has 7 heteroatoms. The molecule has 2 N–H and O–H groups in total. The van der Waals surface area contributed by atoms with Gasteiger partial charge in [0.1, 0.15) is 23.4 Å². The maximum atomic E-state index is 13.2. The van der Waals surface area contributed by atoms with E-state index in [-0.39, 0.29) is 17.3 Å². The topological polar surface area (TPSA) is 93.7 Å². The molecule has 0 aliphatic heterocycles. The molecule has 0 radical (unpaired) electrons. The molecule has 2 unspecified atom stereocenters. The number of rotatable bonds is 9. The molecular weight excluding hydrogens is 504 g/mol. The van der Waals surface area contributed by atoms with E-state index in [2.05, 4.69) is 47.0 Å². The van der Waals surface area contributed by atoms with E-state index in [1.807, 2.05) is 45.9 Å². The number of ether oxygens (including phenoxy) is 2. The highest BCUT2D eigenvalue weighted by atomic mass is 16.6. The number of nitrogens with one attached hydrogen (secondary N) is 2. The van der Waals surface area contributed by atoms with Crippen LogP contribution in [-0.4, -0.2) is 35.7 Å². The van der Waals surface area contributed by atoms with Crippen LogP contribution in [0.5, 0.6) is 5.75 Å². The Morgan fingerprint density at radius 1 is 0.750 bits per heavy atom. The van der Waals surface area contributed by atoms with E-state index in [1.165, 1.54) is 30.4 Å². The highest BCUT2D eigenvalue weighted by Crippen LogP contribution is 2.45. The van der Waals surface area contributed by atoms with Crippen LogP contribution in [0.3, 0.4) is 0 Å². The Balaban J connectivity index is 1.72. The lowest BCUT2D eigenvalue weighted by molar-refractivity contribution is -0.141. The minimum absolute atomic E-state index is 0.0382. The first-order chi connectivity index (χ1) is 18.8. The smallest absolute Gasteiger partial charge is 0.408 e. The predicted molar refractivity (Wildman–Crippen MR) is 157 cm³/mol. The van der Waals surface area contributed by atoms with E-state index in [1.54, 1.807) is 20.8 Å². The van der Waals surface area contributed by atoms with Gasteiger partial charge in [0, 0.05) is 5.41 Å². The van der Waals surface area contributed by atoms with E-state index >= 15 is 0 Å². The zero-order valence-corrected chi connectivity index (χ0v) is 25.1. The number of hydrogen-bond acceptors (Lipinski definition) is 5. The van der Waals surface area contributed by atoms with Gasteiger partial charge in [-0.3, -0.25) is 4.79 Å². The third-order valence-corrected chi connectivity index (χ3v) is 7.50.